The van der Waals surface area contributed by atoms with Crippen molar-refractivity contribution in [1.29, 1.82) is 0 Å². The Morgan fingerprint density at radius 1 is 1.22 bits per heavy atom. The maximum absolute atomic E-state index is 12.6. The van der Waals surface area contributed by atoms with Gasteiger partial charge in [0, 0.05) is 25.0 Å². The lowest BCUT2D eigenvalue weighted by Crippen LogP contribution is -2.48. The summed E-state index contributed by atoms with van der Waals surface area (Å²) in [4.78, 5) is 19.1. The van der Waals surface area contributed by atoms with Gasteiger partial charge in [-0.1, -0.05) is 30.0 Å². The van der Waals surface area contributed by atoms with Crippen LogP contribution in [0.5, 0.6) is 0 Å². The van der Waals surface area contributed by atoms with E-state index >= 15 is 0 Å². The lowest BCUT2D eigenvalue weighted by Gasteiger charge is -2.35. The van der Waals surface area contributed by atoms with E-state index in [-0.39, 0.29) is 18.1 Å². The fourth-order valence-electron chi connectivity index (χ4n) is 3.67. The number of fused-ring (bicyclic) bond motifs is 3. The molecule has 142 valence electrons. The number of carbonyl (C=O) groups excluding carboxylic acids is 1. The number of aryl methyl sites for hydroxylation is 1. The van der Waals surface area contributed by atoms with Crippen molar-refractivity contribution < 1.29 is 9.53 Å². The van der Waals surface area contributed by atoms with Crippen molar-refractivity contribution in [3.05, 3.63) is 24.3 Å². The third-order valence-electron chi connectivity index (χ3n) is 4.77. The average Bonchev–Trinajstić information content (AvgIpc) is 2.98. The Labute approximate surface area is 162 Å². The minimum absolute atomic E-state index is 0.0669. The first-order chi connectivity index (χ1) is 13.1. The lowest BCUT2D eigenvalue weighted by atomic mass is 10.2. The molecule has 1 aliphatic heterocycles. The third-order valence-corrected chi connectivity index (χ3v) is 5.59. The van der Waals surface area contributed by atoms with Crippen LogP contribution in [0.2, 0.25) is 0 Å². The van der Waals surface area contributed by atoms with Crippen molar-refractivity contribution >= 4 is 39.7 Å². The van der Waals surface area contributed by atoms with E-state index in [1.807, 2.05) is 36.9 Å². The van der Waals surface area contributed by atoms with Crippen molar-refractivity contribution in [2.45, 2.75) is 44.7 Å². The topological polar surface area (TPSA) is 73.1 Å². The molecule has 2 atom stereocenters. The number of thioether (sulfide) groups is 1. The Balaban J connectivity index is 1.54. The number of para-hydroxylation sites is 1. The summed E-state index contributed by atoms with van der Waals surface area (Å²) in [6, 6.07) is 8.12. The molecule has 0 spiro atoms. The van der Waals surface area contributed by atoms with Gasteiger partial charge in [0.1, 0.15) is 5.52 Å². The average molecular weight is 385 g/mol. The van der Waals surface area contributed by atoms with Gasteiger partial charge >= 0.3 is 0 Å². The Morgan fingerprint density at radius 2 is 1.96 bits per heavy atom. The largest absolute Gasteiger partial charge is 0.372 e. The Morgan fingerprint density at radius 3 is 2.70 bits per heavy atom. The van der Waals surface area contributed by atoms with Crippen molar-refractivity contribution in [1.82, 2.24) is 24.6 Å². The highest BCUT2D eigenvalue weighted by molar-refractivity contribution is 7.99. The van der Waals surface area contributed by atoms with Crippen LogP contribution in [0, 0.1) is 0 Å². The zero-order valence-electron chi connectivity index (χ0n) is 15.8. The molecule has 0 saturated carbocycles. The standard InChI is InChI=1S/C19H23N5O2S/c1-4-24-15-8-6-5-7-14(15)17-18(24)20-19(22-21-17)27-11-16(25)23-9-12(2)26-13(3)10-23/h5-8,12-13H,4,9-11H2,1-3H3/t12-,13+. The first kappa shape index (κ1) is 18.2. The van der Waals surface area contributed by atoms with Crippen LogP contribution in [0.4, 0.5) is 0 Å². The van der Waals surface area contributed by atoms with Crippen LogP contribution in [0.25, 0.3) is 22.1 Å². The second-order valence-electron chi connectivity index (χ2n) is 6.87. The first-order valence-electron chi connectivity index (χ1n) is 9.24. The van der Waals surface area contributed by atoms with E-state index in [1.165, 1.54) is 11.8 Å². The minimum atomic E-state index is 0.0669. The lowest BCUT2D eigenvalue weighted by molar-refractivity contribution is -0.140. The number of amides is 1. The molecule has 0 unspecified atom stereocenters. The molecular weight excluding hydrogens is 362 g/mol. The molecule has 1 aliphatic rings. The number of ether oxygens (including phenoxy) is 1. The molecule has 0 bridgehead atoms. The van der Waals surface area contributed by atoms with E-state index in [0.717, 1.165) is 28.6 Å². The highest BCUT2D eigenvalue weighted by atomic mass is 32.2. The van der Waals surface area contributed by atoms with Gasteiger partial charge in [-0.05, 0) is 26.8 Å². The predicted octanol–water partition coefficient (Wildman–Crippen LogP) is 2.73. The fourth-order valence-corrected chi connectivity index (χ4v) is 4.35. The number of nitrogens with zero attached hydrogens (tertiary/aromatic N) is 5. The van der Waals surface area contributed by atoms with Gasteiger partial charge in [0.15, 0.2) is 5.65 Å². The normalized spacial score (nSPS) is 20.5. The van der Waals surface area contributed by atoms with Crippen LogP contribution in [0.3, 0.4) is 0 Å². The molecule has 2 aromatic heterocycles. The predicted molar refractivity (Wildman–Crippen MR) is 106 cm³/mol. The monoisotopic (exact) mass is 385 g/mol. The molecule has 4 rings (SSSR count). The van der Waals surface area contributed by atoms with Crippen LogP contribution in [0.15, 0.2) is 29.4 Å². The van der Waals surface area contributed by atoms with Gasteiger partial charge in [-0.25, -0.2) is 4.98 Å². The minimum Gasteiger partial charge on any atom is -0.372 e. The summed E-state index contributed by atoms with van der Waals surface area (Å²) in [7, 11) is 0. The summed E-state index contributed by atoms with van der Waals surface area (Å²) in [6.45, 7) is 8.14. The molecule has 3 heterocycles. The molecule has 27 heavy (non-hydrogen) atoms. The molecule has 1 amide bonds. The van der Waals surface area contributed by atoms with Crippen molar-refractivity contribution in [3.8, 4) is 0 Å². The molecule has 1 saturated heterocycles. The summed E-state index contributed by atoms with van der Waals surface area (Å²) in [5.41, 5.74) is 2.72. The summed E-state index contributed by atoms with van der Waals surface area (Å²) in [5.74, 6) is 0.389. The number of benzene rings is 1. The van der Waals surface area contributed by atoms with Gasteiger partial charge in [-0.3, -0.25) is 4.79 Å². The summed E-state index contributed by atoms with van der Waals surface area (Å²) in [5, 5.41) is 10.2. The van der Waals surface area contributed by atoms with E-state index in [2.05, 4.69) is 32.7 Å². The zero-order chi connectivity index (χ0) is 19.0. The van der Waals surface area contributed by atoms with Gasteiger partial charge in [0.05, 0.1) is 23.5 Å². The van der Waals surface area contributed by atoms with E-state index in [0.29, 0.717) is 24.0 Å². The van der Waals surface area contributed by atoms with E-state index in [4.69, 9.17) is 4.74 Å². The van der Waals surface area contributed by atoms with Gasteiger partial charge in [0.25, 0.3) is 0 Å². The van der Waals surface area contributed by atoms with Crippen molar-refractivity contribution in [2.24, 2.45) is 0 Å². The van der Waals surface area contributed by atoms with Gasteiger partial charge in [0.2, 0.25) is 11.1 Å². The van der Waals surface area contributed by atoms with Gasteiger partial charge in [-0.15, -0.1) is 10.2 Å². The molecule has 8 heteroatoms. The summed E-state index contributed by atoms with van der Waals surface area (Å²) >= 11 is 1.34. The second-order valence-corrected chi connectivity index (χ2v) is 7.82. The van der Waals surface area contributed by atoms with Gasteiger partial charge in [-0.2, -0.15) is 0 Å². The Kier molecular flexibility index (Phi) is 5.01. The smallest absolute Gasteiger partial charge is 0.233 e. The number of hydrogen-bond donors (Lipinski definition) is 0. The Hall–Kier alpha value is -2.19. The molecule has 0 radical (unpaired) electrons. The number of aromatic nitrogens is 4. The molecular formula is C19H23N5O2S. The number of carbonyl (C=O) groups is 1. The first-order valence-corrected chi connectivity index (χ1v) is 10.2. The number of morpholine rings is 1. The second kappa shape index (κ2) is 7.44. The molecule has 7 nitrogen and oxygen atoms in total. The summed E-state index contributed by atoms with van der Waals surface area (Å²) < 4.78 is 7.83. The summed E-state index contributed by atoms with van der Waals surface area (Å²) in [6.07, 6.45) is 0.134. The van der Waals surface area contributed by atoms with E-state index in [9.17, 15) is 4.79 Å². The Bertz CT molecular complexity index is 979. The third kappa shape index (κ3) is 3.51. The molecule has 1 fully saturated rings. The maximum Gasteiger partial charge on any atom is 0.233 e. The fraction of sp³-hybridized carbons (Fsp3) is 0.474. The molecule has 0 N–H and O–H groups in total. The quantitative estimate of drug-likeness (QED) is 0.643. The van der Waals surface area contributed by atoms with Crippen LogP contribution in [-0.2, 0) is 16.1 Å². The molecule has 1 aromatic carbocycles. The molecule has 0 aliphatic carbocycles. The van der Waals surface area contributed by atoms with Crippen LogP contribution in [-0.4, -0.2) is 61.6 Å². The van der Waals surface area contributed by atoms with Gasteiger partial charge < -0.3 is 14.2 Å². The maximum atomic E-state index is 12.6. The highest BCUT2D eigenvalue weighted by Crippen LogP contribution is 2.27. The van der Waals surface area contributed by atoms with E-state index in [1.54, 1.807) is 0 Å². The van der Waals surface area contributed by atoms with Crippen molar-refractivity contribution in [3.63, 3.8) is 0 Å². The van der Waals surface area contributed by atoms with Crippen LogP contribution in [0.1, 0.15) is 20.8 Å². The molecule has 3 aromatic rings. The van der Waals surface area contributed by atoms with Crippen LogP contribution >= 0.6 is 11.8 Å². The number of rotatable bonds is 4. The van der Waals surface area contributed by atoms with Crippen LogP contribution < -0.4 is 0 Å². The SMILES string of the molecule is CCn1c2ccccc2c2nnc(SCC(=O)N3C[C@@H](C)O[C@@H](C)C3)nc21. The van der Waals surface area contributed by atoms with Crippen molar-refractivity contribution in [2.75, 3.05) is 18.8 Å². The number of hydrogen-bond acceptors (Lipinski definition) is 6. The highest BCUT2D eigenvalue weighted by Gasteiger charge is 2.26. The van der Waals surface area contributed by atoms with E-state index < -0.39 is 0 Å². The zero-order valence-corrected chi connectivity index (χ0v) is 16.6.